The first kappa shape index (κ1) is 17.2. The molecule has 0 atom stereocenters. The lowest BCUT2D eigenvalue weighted by Gasteiger charge is -2.27. The molecule has 29 heavy (non-hydrogen) atoms. The molecule has 6 aromatic rings. The van der Waals surface area contributed by atoms with Crippen molar-refractivity contribution in [3.05, 3.63) is 82.8 Å². The van der Waals surface area contributed by atoms with E-state index >= 15 is 0 Å². The van der Waals surface area contributed by atoms with E-state index in [1.54, 1.807) is 0 Å². The van der Waals surface area contributed by atoms with E-state index in [4.69, 9.17) is 0 Å². The Hall–Kier alpha value is -2.64. The Kier molecular flexibility index (Phi) is 3.39. The fraction of sp³-hybridized carbons (Fsp3) is 0.143. The Labute approximate surface area is 178 Å². The minimum Gasteiger partial charge on any atom is -0.0616 e. The first-order valence-corrected chi connectivity index (χ1v) is 11.0. The van der Waals surface area contributed by atoms with Crippen LogP contribution in [-0.4, -0.2) is 0 Å². The molecule has 6 rings (SSSR count). The van der Waals surface area contributed by atoms with Gasteiger partial charge in [-0.1, -0.05) is 103 Å². The van der Waals surface area contributed by atoms with Gasteiger partial charge in [0.05, 0.1) is 0 Å². The van der Waals surface area contributed by atoms with E-state index in [9.17, 15) is 0 Å². The van der Waals surface area contributed by atoms with Crippen molar-refractivity contribution in [1.82, 2.24) is 0 Å². The van der Waals surface area contributed by atoms with Crippen LogP contribution < -0.4 is 0 Å². The summed E-state index contributed by atoms with van der Waals surface area (Å²) in [5.41, 5.74) is 1.45. The smallest absolute Gasteiger partial charge is 0.0257 e. The summed E-state index contributed by atoms with van der Waals surface area (Å²) in [5.74, 6) is 0. The first-order valence-electron chi connectivity index (χ1n) is 10.2. The molecule has 0 saturated carbocycles. The number of hydrogen-bond donors (Lipinski definition) is 0. The highest BCUT2D eigenvalue weighted by molar-refractivity contribution is 9.10. The van der Waals surface area contributed by atoms with Gasteiger partial charge in [-0.15, -0.1) is 0 Å². The number of rotatable bonds is 0. The van der Waals surface area contributed by atoms with E-state index in [2.05, 4.69) is 109 Å². The van der Waals surface area contributed by atoms with E-state index in [0.29, 0.717) is 0 Å². The SMILES string of the molecule is CC(C)(C)c1c2ccccc2c2c3cccc4cccc(c5ccc(Br)c1c52)c43. The molecule has 0 spiro atoms. The maximum Gasteiger partial charge on any atom is 0.0257 e. The lowest BCUT2D eigenvalue weighted by Crippen LogP contribution is -2.13. The topological polar surface area (TPSA) is 0 Å². The highest BCUT2D eigenvalue weighted by Gasteiger charge is 2.25. The Morgan fingerprint density at radius 2 is 1.10 bits per heavy atom. The molecule has 0 aromatic heterocycles. The number of fused-ring (bicyclic) bond motifs is 4. The van der Waals surface area contributed by atoms with Crippen LogP contribution in [0.1, 0.15) is 26.3 Å². The molecule has 0 heterocycles. The van der Waals surface area contributed by atoms with E-state index in [1.165, 1.54) is 63.9 Å². The maximum atomic E-state index is 3.92. The molecule has 1 heteroatoms. The third-order valence-corrected chi connectivity index (χ3v) is 7.00. The zero-order valence-corrected chi connectivity index (χ0v) is 18.4. The predicted octanol–water partition coefficient (Wildman–Crippen LogP) is 8.95. The number of hydrogen-bond acceptors (Lipinski definition) is 0. The second-order valence-corrected chi connectivity index (χ2v) is 9.95. The molecule has 0 N–H and O–H groups in total. The molecule has 0 fully saturated rings. The Bertz CT molecular complexity index is 1580. The molecule has 0 aliphatic rings. The van der Waals surface area contributed by atoms with Crippen molar-refractivity contribution in [3.8, 4) is 0 Å². The normalized spacial score (nSPS) is 12.8. The average Bonchev–Trinajstić information content (AvgIpc) is 2.71. The number of benzene rings is 6. The lowest BCUT2D eigenvalue weighted by molar-refractivity contribution is 0.601. The zero-order chi connectivity index (χ0) is 19.9. The second kappa shape index (κ2) is 5.70. The van der Waals surface area contributed by atoms with Gasteiger partial charge in [-0.2, -0.15) is 0 Å². The molecule has 0 radical (unpaired) electrons. The highest BCUT2D eigenvalue weighted by Crippen LogP contribution is 2.49. The van der Waals surface area contributed by atoms with Gasteiger partial charge in [0.2, 0.25) is 0 Å². The molecule has 0 bridgehead atoms. The van der Waals surface area contributed by atoms with E-state index < -0.39 is 0 Å². The van der Waals surface area contributed by atoms with Crippen molar-refractivity contribution in [2.45, 2.75) is 26.2 Å². The maximum absolute atomic E-state index is 3.92. The largest absolute Gasteiger partial charge is 0.0616 e. The van der Waals surface area contributed by atoms with Gasteiger partial charge in [-0.25, -0.2) is 0 Å². The molecule has 0 aliphatic carbocycles. The van der Waals surface area contributed by atoms with Gasteiger partial charge in [0, 0.05) is 9.86 Å². The zero-order valence-electron chi connectivity index (χ0n) is 16.8. The fourth-order valence-electron chi connectivity index (χ4n) is 5.33. The van der Waals surface area contributed by atoms with Gasteiger partial charge in [0.15, 0.2) is 0 Å². The molecule has 0 unspecified atom stereocenters. The summed E-state index contributed by atoms with van der Waals surface area (Å²) in [6.45, 7) is 6.98. The molecule has 140 valence electrons. The van der Waals surface area contributed by atoms with E-state index in [1.807, 2.05) is 0 Å². The standard InChI is InChI=1S/C28H21Br/c1-28(2,3)27-20-11-5-4-10-18(20)24-21-13-7-9-16-8-6-12-17(23(16)21)19-14-15-22(29)26(27)25(19)24/h4-15H,1-3H3. The van der Waals surface area contributed by atoms with Gasteiger partial charge in [-0.3, -0.25) is 0 Å². The van der Waals surface area contributed by atoms with Crippen LogP contribution in [0.5, 0.6) is 0 Å². The molecular formula is C28H21Br. The van der Waals surface area contributed by atoms with Gasteiger partial charge in [0.1, 0.15) is 0 Å². The van der Waals surface area contributed by atoms with Crippen LogP contribution in [0.4, 0.5) is 0 Å². The summed E-state index contributed by atoms with van der Waals surface area (Å²) in [4.78, 5) is 0. The Morgan fingerprint density at radius 1 is 0.517 bits per heavy atom. The van der Waals surface area contributed by atoms with Crippen molar-refractivity contribution in [2.24, 2.45) is 0 Å². The first-order chi connectivity index (χ1) is 14.0. The van der Waals surface area contributed by atoms with Crippen LogP contribution in [-0.2, 0) is 5.41 Å². The van der Waals surface area contributed by atoms with Crippen molar-refractivity contribution < 1.29 is 0 Å². The van der Waals surface area contributed by atoms with Gasteiger partial charge >= 0.3 is 0 Å². The van der Waals surface area contributed by atoms with Crippen molar-refractivity contribution >= 4 is 69.8 Å². The summed E-state index contributed by atoms with van der Waals surface area (Å²) in [7, 11) is 0. The summed E-state index contributed by atoms with van der Waals surface area (Å²) in [5, 5.41) is 13.6. The Balaban J connectivity index is 2.12. The summed E-state index contributed by atoms with van der Waals surface area (Å²) in [6, 6.07) is 26.9. The molecule has 0 aliphatic heterocycles. The minimum absolute atomic E-state index is 0.0300. The van der Waals surface area contributed by atoms with Crippen LogP contribution >= 0.6 is 15.9 Å². The van der Waals surface area contributed by atoms with Crippen LogP contribution in [0.25, 0.3) is 53.9 Å². The third kappa shape index (κ3) is 2.20. The lowest BCUT2D eigenvalue weighted by atomic mass is 9.77. The Morgan fingerprint density at radius 3 is 1.83 bits per heavy atom. The van der Waals surface area contributed by atoms with Crippen LogP contribution in [0.15, 0.2) is 77.3 Å². The molecular weight excluding hydrogens is 416 g/mol. The highest BCUT2D eigenvalue weighted by atomic mass is 79.9. The van der Waals surface area contributed by atoms with Crippen molar-refractivity contribution in [2.75, 3.05) is 0 Å². The van der Waals surface area contributed by atoms with E-state index in [0.717, 1.165) is 0 Å². The van der Waals surface area contributed by atoms with Gasteiger partial charge in [0.25, 0.3) is 0 Å². The minimum atomic E-state index is 0.0300. The van der Waals surface area contributed by atoms with Crippen LogP contribution in [0.3, 0.4) is 0 Å². The third-order valence-electron chi connectivity index (χ3n) is 6.33. The second-order valence-electron chi connectivity index (χ2n) is 9.10. The molecule has 0 amide bonds. The van der Waals surface area contributed by atoms with Crippen molar-refractivity contribution in [3.63, 3.8) is 0 Å². The van der Waals surface area contributed by atoms with Crippen LogP contribution in [0.2, 0.25) is 0 Å². The summed E-state index contributed by atoms with van der Waals surface area (Å²) >= 11 is 3.92. The quantitative estimate of drug-likeness (QED) is 0.164. The van der Waals surface area contributed by atoms with Crippen molar-refractivity contribution in [1.29, 1.82) is 0 Å². The fourth-order valence-corrected chi connectivity index (χ4v) is 5.86. The molecule has 0 nitrogen and oxygen atoms in total. The molecule has 6 aromatic carbocycles. The number of halogens is 1. The van der Waals surface area contributed by atoms with E-state index in [-0.39, 0.29) is 5.41 Å². The van der Waals surface area contributed by atoms with Crippen LogP contribution in [0, 0.1) is 0 Å². The summed E-state index contributed by atoms with van der Waals surface area (Å²) in [6.07, 6.45) is 0. The predicted molar refractivity (Wildman–Crippen MR) is 132 cm³/mol. The summed E-state index contributed by atoms with van der Waals surface area (Å²) < 4.78 is 1.18. The molecule has 0 saturated heterocycles. The average molecular weight is 437 g/mol. The monoisotopic (exact) mass is 436 g/mol. The van der Waals surface area contributed by atoms with Gasteiger partial charge < -0.3 is 0 Å². The van der Waals surface area contributed by atoms with Gasteiger partial charge in [-0.05, 0) is 65.5 Å².